The SMILES string of the molecule is Cc1cc(OCc2coc(C=Cc3ccc(C(c4ccccc4)(c4ccccc4)c4ccccc4)cc3)n2)ccc1CCCCn1ccnn1. The Morgan fingerprint density at radius 3 is 1.96 bits per heavy atom. The van der Waals surface area contributed by atoms with Crippen molar-refractivity contribution >= 4 is 12.2 Å². The number of aryl methyl sites for hydroxylation is 3. The van der Waals surface area contributed by atoms with Crippen LogP contribution in [-0.2, 0) is 25.0 Å². The van der Waals surface area contributed by atoms with Gasteiger partial charge in [0, 0.05) is 18.8 Å². The van der Waals surface area contributed by atoms with E-state index in [1.165, 1.54) is 33.4 Å². The summed E-state index contributed by atoms with van der Waals surface area (Å²) in [6.07, 6.45) is 12.4. The second kappa shape index (κ2) is 15.5. The lowest BCUT2D eigenvalue weighted by atomic mass is 9.65. The molecule has 0 N–H and O–H groups in total. The van der Waals surface area contributed by atoms with Crippen LogP contribution in [0.2, 0.25) is 0 Å². The molecule has 0 amide bonds. The smallest absolute Gasteiger partial charge is 0.218 e. The molecule has 0 aliphatic heterocycles. The van der Waals surface area contributed by atoms with Crippen LogP contribution >= 0.6 is 0 Å². The summed E-state index contributed by atoms with van der Waals surface area (Å²) in [6, 6.07) is 47.3. The van der Waals surface area contributed by atoms with Gasteiger partial charge in [0.05, 0.1) is 11.6 Å². The maximum absolute atomic E-state index is 6.07. The average Bonchev–Trinajstić information content (AvgIpc) is 3.87. The highest BCUT2D eigenvalue weighted by atomic mass is 16.5. The Hall–Kier alpha value is -6.01. The van der Waals surface area contributed by atoms with E-state index in [-0.39, 0.29) is 0 Å². The molecular weight excluding hydrogens is 617 g/mol. The molecule has 6 heteroatoms. The number of hydrogen-bond acceptors (Lipinski definition) is 5. The topological polar surface area (TPSA) is 66.0 Å². The van der Waals surface area contributed by atoms with Gasteiger partial charge in [-0.25, -0.2) is 4.98 Å². The fourth-order valence-electron chi connectivity index (χ4n) is 6.68. The van der Waals surface area contributed by atoms with Gasteiger partial charge in [-0.1, -0.05) is 127 Å². The molecule has 2 heterocycles. The molecule has 2 aromatic heterocycles. The molecule has 0 saturated heterocycles. The largest absolute Gasteiger partial charge is 0.487 e. The lowest BCUT2D eigenvalue weighted by molar-refractivity contribution is 0.300. The highest BCUT2D eigenvalue weighted by Crippen LogP contribution is 2.45. The first-order valence-corrected chi connectivity index (χ1v) is 17.1. The number of benzene rings is 5. The first-order valence-electron chi connectivity index (χ1n) is 17.1. The minimum absolute atomic E-state index is 0.337. The van der Waals surface area contributed by atoms with Gasteiger partial charge >= 0.3 is 0 Å². The summed E-state index contributed by atoms with van der Waals surface area (Å²) in [5.74, 6) is 1.36. The van der Waals surface area contributed by atoms with E-state index in [0.717, 1.165) is 42.8 Å². The van der Waals surface area contributed by atoms with Crippen LogP contribution in [0.5, 0.6) is 5.75 Å². The first-order chi connectivity index (χ1) is 24.7. The number of aromatic nitrogens is 4. The molecule has 0 atom stereocenters. The van der Waals surface area contributed by atoms with Crippen LogP contribution in [-0.4, -0.2) is 20.0 Å². The molecule has 0 unspecified atom stereocenters. The van der Waals surface area contributed by atoms with E-state index in [0.29, 0.717) is 12.5 Å². The Balaban J connectivity index is 1.02. The van der Waals surface area contributed by atoms with Crippen molar-refractivity contribution in [3.63, 3.8) is 0 Å². The quantitative estimate of drug-likeness (QED) is 0.0862. The minimum Gasteiger partial charge on any atom is -0.487 e. The molecule has 5 aromatic carbocycles. The predicted octanol–water partition coefficient (Wildman–Crippen LogP) is 9.73. The molecule has 0 aliphatic rings. The summed E-state index contributed by atoms with van der Waals surface area (Å²) in [5.41, 5.74) is 8.75. The molecule has 0 bridgehead atoms. The zero-order valence-corrected chi connectivity index (χ0v) is 28.2. The van der Waals surface area contributed by atoms with Gasteiger partial charge in [0.1, 0.15) is 24.3 Å². The number of ether oxygens (including phenoxy) is 1. The van der Waals surface area contributed by atoms with Crippen LogP contribution in [0.15, 0.2) is 157 Å². The molecule has 50 heavy (non-hydrogen) atoms. The van der Waals surface area contributed by atoms with E-state index in [9.17, 15) is 0 Å². The Bertz CT molecular complexity index is 2010. The van der Waals surface area contributed by atoms with E-state index in [4.69, 9.17) is 9.15 Å². The van der Waals surface area contributed by atoms with Gasteiger partial charge in [-0.3, -0.25) is 4.68 Å². The van der Waals surface area contributed by atoms with Crippen molar-refractivity contribution in [2.24, 2.45) is 0 Å². The molecule has 7 aromatic rings. The average molecular weight is 657 g/mol. The number of nitrogens with zero attached hydrogens (tertiary/aromatic N) is 4. The normalized spacial score (nSPS) is 11.6. The molecule has 0 radical (unpaired) electrons. The van der Waals surface area contributed by atoms with E-state index in [2.05, 4.69) is 150 Å². The van der Waals surface area contributed by atoms with Crippen molar-refractivity contribution in [1.29, 1.82) is 0 Å². The third-order valence-electron chi connectivity index (χ3n) is 9.21. The lowest BCUT2D eigenvalue weighted by Gasteiger charge is -2.36. The zero-order chi connectivity index (χ0) is 34.0. The molecule has 248 valence electrons. The summed E-state index contributed by atoms with van der Waals surface area (Å²) >= 11 is 0. The van der Waals surface area contributed by atoms with E-state index in [1.54, 1.807) is 12.5 Å². The summed E-state index contributed by atoms with van der Waals surface area (Å²) < 4.78 is 13.7. The monoisotopic (exact) mass is 656 g/mol. The van der Waals surface area contributed by atoms with Gasteiger partial charge in [0.15, 0.2) is 0 Å². The Morgan fingerprint density at radius 1 is 0.720 bits per heavy atom. The summed E-state index contributed by atoms with van der Waals surface area (Å²) in [4.78, 5) is 4.64. The van der Waals surface area contributed by atoms with Crippen LogP contribution in [0.25, 0.3) is 12.2 Å². The summed E-state index contributed by atoms with van der Waals surface area (Å²) in [7, 11) is 0. The van der Waals surface area contributed by atoms with Gasteiger partial charge in [-0.15, -0.1) is 5.10 Å². The second-order valence-corrected chi connectivity index (χ2v) is 12.5. The van der Waals surface area contributed by atoms with Crippen LogP contribution in [0, 0.1) is 6.92 Å². The summed E-state index contributed by atoms with van der Waals surface area (Å²) in [6.45, 7) is 3.36. The van der Waals surface area contributed by atoms with E-state index in [1.807, 2.05) is 29.1 Å². The van der Waals surface area contributed by atoms with Crippen LogP contribution < -0.4 is 4.74 Å². The van der Waals surface area contributed by atoms with Crippen LogP contribution in [0.1, 0.15) is 63.4 Å². The van der Waals surface area contributed by atoms with E-state index < -0.39 is 5.41 Å². The number of oxazole rings is 1. The maximum atomic E-state index is 6.07. The van der Waals surface area contributed by atoms with Crippen molar-refractivity contribution in [2.75, 3.05) is 0 Å². The molecule has 0 spiro atoms. The highest BCUT2D eigenvalue weighted by Gasteiger charge is 2.38. The van der Waals surface area contributed by atoms with Crippen molar-refractivity contribution in [3.8, 4) is 5.75 Å². The Morgan fingerprint density at radius 2 is 1.36 bits per heavy atom. The number of unbranched alkanes of at least 4 members (excludes halogenated alkanes) is 1. The predicted molar refractivity (Wildman–Crippen MR) is 199 cm³/mol. The number of rotatable bonds is 14. The number of hydrogen-bond donors (Lipinski definition) is 0. The molecular formula is C44H40N4O2. The highest BCUT2D eigenvalue weighted by molar-refractivity contribution is 5.67. The van der Waals surface area contributed by atoms with Gasteiger partial charge in [-0.05, 0) is 83.3 Å². The molecule has 7 rings (SSSR count). The van der Waals surface area contributed by atoms with Crippen molar-refractivity contribution in [3.05, 3.63) is 203 Å². The second-order valence-electron chi connectivity index (χ2n) is 12.5. The third kappa shape index (κ3) is 7.35. The zero-order valence-electron chi connectivity index (χ0n) is 28.2. The van der Waals surface area contributed by atoms with Gasteiger partial charge in [-0.2, -0.15) is 0 Å². The van der Waals surface area contributed by atoms with Crippen LogP contribution in [0.4, 0.5) is 0 Å². The maximum Gasteiger partial charge on any atom is 0.218 e. The van der Waals surface area contributed by atoms with Gasteiger partial charge in [0.2, 0.25) is 5.89 Å². The van der Waals surface area contributed by atoms with Crippen molar-refractivity contribution < 1.29 is 9.15 Å². The van der Waals surface area contributed by atoms with Crippen molar-refractivity contribution in [2.45, 2.75) is 44.8 Å². The standard InChI is InChI=1S/C44H40N4O2/c1-34-31-42(26-23-36(34)13-11-12-29-48-30-28-45-47-48)49-32-41-33-50-43(46-41)27-22-35-20-24-40(25-21-35)44(37-14-5-2-6-15-37,38-16-7-3-8-17-38)39-18-9-4-10-19-39/h2-10,14-28,30-31,33H,11-13,29,32H2,1H3. The Kier molecular flexibility index (Phi) is 10.1. The third-order valence-corrected chi connectivity index (χ3v) is 9.21. The van der Waals surface area contributed by atoms with E-state index >= 15 is 0 Å². The van der Waals surface area contributed by atoms with Gasteiger partial charge < -0.3 is 9.15 Å². The lowest BCUT2D eigenvalue weighted by Crippen LogP contribution is -2.30. The molecule has 0 aliphatic carbocycles. The summed E-state index contributed by atoms with van der Waals surface area (Å²) in [5, 5.41) is 7.90. The first kappa shape index (κ1) is 32.5. The molecule has 6 nitrogen and oxygen atoms in total. The molecule has 0 fully saturated rings. The fourth-order valence-corrected chi connectivity index (χ4v) is 6.68. The van der Waals surface area contributed by atoms with Crippen molar-refractivity contribution in [1.82, 2.24) is 20.0 Å². The Labute approximate surface area is 293 Å². The van der Waals surface area contributed by atoms with Gasteiger partial charge in [0.25, 0.3) is 0 Å². The van der Waals surface area contributed by atoms with Crippen LogP contribution in [0.3, 0.4) is 0 Å². The fraction of sp³-hybridized carbons (Fsp3) is 0.159. The minimum atomic E-state index is -0.471. The molecule has 0 saturated carbocycles.